The number of H-pyrrole nitrogens is 1. The van der Waals surface area contributed by atoms with Crippen molar-refractivity contribution in [2.45, 2.75) is 32.6 Å². The van der Waals surface area contributed by atoms with Crippen LogP contribution in [0.3, 0.4) is 0 Å². The summed E-state index contributed by atoms with van der Waals surface area (Å²) in [6.07, 6.45) is 3.48. The second-order valence-electron chi connectivity index (χ2n) is 9.15. The van der Waals surface area contributed by atoms with Gasteiger partial charge in [0.2, 0.25) is 0 Å². The number of carbonyl (C=O) groups is 2. The topological polar surface area (TPSA) is 141 Å². The van der Waals surface area contributed by atoms with E-state index in [4.69, 9.17) is 15.9 Å². The molecule has 4 rings (SSSR count). The molecule has 0 bridgehead atoms. The number of nitrogens with one attached hydrogen (secondary N) is 3. The third-order valence-electron chi connectivity index (χ3n) is 6.78. The maximum atomic E-state index is 12.9. The van der Waals surface area contributed by atoms with Crippen LogP contribution in [0.5, 0.6) is 5.75 Å². The molecule has 1 heterocycles. The summed E-state index contributed by atoms with van der Waals surface area (Å²) in [6.45, 7) is 4.61. The van der Waals surface area contributed by atoms with Crippen LogP contribution in [0.4, 0.5) is 0 Å². The summed E-state index contributed by atoms with van der Waals surface area (Å²) < 4.78 is 5.28. The Labute approximate surface area is 221 Å². The van der Waals surface area contributed by atoms with Crippen molar-refractivity contribution in [2.24, 2.45) is 5.73 Å². The molecule has 0 aliphatic rings. The van der Waals surface area contributed by atoms with E-state index in [-0.39, 0.29) is 23.2 Å². The summed E-state index contributed by atoms with van der Waals surface area (Å²) in [5.74, 6) is -0.951. The predicted molar refractivity (Wildman–Crippen MR) is 149 cm³/mol. The number of hydrogen-bond acceptors (Lipinski definition) is 4. The van der Waals surface area contributed by atoms with Crippen LogP contribution in [0, 0.1) is 5.41 Å². The highest BCUT2D eigenvalue weighted by Crippen LogP contribution is 2.40. The Morgan fingerprint density at radius 3 is 2.45 bits per heavy atom. The molecule has 4 aromatic rings. The van der Waals surface area contributed by atoms with Crippen LogP contribution in [-0.2, 0) is 0 Å². The number of hydrogen-bond donors (Lipinski definition) is 5. The van der Waals surface area contributed by atoms with E-state index in [9.17, 15) is 14.7 Å². The van der Waals surface area contributed by atoms with E-state index >= 15 is 0 Å². The van der Waals surface area contributed by atoms with Gasteiger partial charge in [-0.2, -0.15) is 0 Å². The molecule has 38 heavy (non-hydrogen) atoms. The molecule has 0 saturated carbocycles. The van der Waals surface area contributed by atoms with Crippen molar-refractivity contribution in [3.05, 3.63) is 88.6 Å². The van der Waals surface area contributed by atoms with Crippen molar-refractivity contribution in [1.82, 2.24) is 10.3 Å². The average Bonchev–Trinajstić information content (AvgIpc) is 3.35. The Kier molecular flexibility index (Phi) is 7.81. The van der Waals surface area contributed by atoms with Gasteiger partial charge in [-0.05, 0) is 71.5 Å². The molecule has 0 radical (unpaired) electrons. The van der Waals surface area contributed by atoms with Crippen LogP contribution in [-0.4, -0.2) is 41.5 Å². The van der Waals surface area contributed by atoms with Crippen LogP contribution in [0.15, 0.2) is 60.8 Å². The Hall–Kier alpha value is -4.59. The SMILES string of the molecule is CCCNC(=O)c1ccc(C(CC)c2c[nH]c3cc(C(=N)N)ccc23)c(-c2ccc(OC)cc2C(=O)O)c1. The van der Waals surface area contributed by atoms with E-state index in [0.29, 0.717) is 34.5 Å². The Morgan fingerprint density at radius 2 is 1.79 bits per heavy atom. The largest absolute Gasteiger partial charge is 0.497 e. The molecule has 0 fully saturated rings. The lowest BCUT2D eigenvalue weighted by Crippen LogP contribution is -2.24. The number of rotatable bonds is 10. The van der Waals surface area contributed by atoms with Crippen LogP contribution in [0.1, 0.15) is 70.0 Å². The molecule has 0 aliphatic heterocycles. The second-order valence-corrected chi connectivity index (χ2v) is 9.15. The fraction of sp³-hybridized carbons (Fsp3) is 0.233. The summed E-state index contributed by atoms with van der Waals surface area (Å²) >= 11 is 0. The Balaban J connectivity index is 1.93. The highest BCUT2D eigenvalue weighted by Gasteiger charge is 2.24. The van der Waals surface area contributed by atoms with Gasteiger partial charge in [-0.3, -0.25) is 10.2 Å². The number of methoxy groups -OCH3 is 1. The average molecular weight is 513 g/mol. The first-order chi connectivity index (χ1) is 18.3. The number of aromatic nitrogens is 1. The molecule has 1 amide bonds. The predicted octanol–water partition coefficient (Wildman–Crippen LogP) is 5.51. The quantitative estimate of drug-likeness (QED) is 0.141. The number of fused-ring (bicyclic) bond motifs is 1. The number of amides is 1. The first kappa shape index (κ1) is 26.5. The molecule has 8 nitrogen and oxygen atoms in total. The number of carbonyl (C=O) groups excluding carboxylic acids is 1. The molecule has 0 aliphatic carbocycles. The smallest absolute Gasteiger partial charge is 0.336 e. The lowest BCUT2D eigenvalue weighted by Gasteiger charge is -2.22. The molecule has 3 aromatic carbocycles. The van der Waals surface area contributed by atoms with E-state index in [2.05, 4.69) is 17.2 Å². The van der Waals surface area contributed by atoms with Gasteiger partial charge in [0.1, 0.15) is 11.6 Å². The van der Waals surface area contributed by atoms with Gasteiger partial charge in [0.05, 0.1) is 12.7 Å². The zero-order valence-corrected chi connectivity index (χ0v) is 21.7. The summed E-state index contributed by atoms with van der Waals surface area (Å²) in [7, 11) is 1.49. The number of aromatic carboxylic acids is 1. The number of carboxylic acid groups (broad SMARTS) is 1. The van der Waals surface area contributed by atoms with Crippen LogP contribution in [0.25, 0.3) is 22.0 Å². The molecule has 0 saturated heterocycles. The van der Waals surface area contributed by atoms with Crippen molar-refractivity contribution in [3.63, 3.8) is 0 Å². The van der Waals surface area contributed by atoms with Crippen molar-refractivity contribution in [2.75, 3.05) is 13.7 Å². The number of carboxylic acids is 1. The van der Waals surface area contributed by atoms with Crippen molar-refractivity contribution < 1.29 is 19.4 Å². The number of nitrogens with two attached hydrogens (primary N) is 1. The normalized spacial score (nSPS) is 11.8. The zero-order chi connectivity index (χ0) is 27.4. The lowest BCUT2D eigenvalue weighted by molar-refractivity contribution is 0.0697. The summed E-state index contributed by atoms with van der Waals surface area (Å²) in [6, 6.07) is 16.1. The maximum Gasteiger partial charge on any atom is 0.336 e. The number of amidine groups is 1. The van der Waals surface area contributed by atoms with E-state index < -0.39 is 5.97 Å². The highest BCUT2D eigenvalue weighted by atomic mass is 16.5. The molecule has 1 aromatic heterocycles. The van der Waals surface area contributed by atoms with Gasteiger partial charge in [-0.15, -0.1) is 0 Å². The van der Waals surface area contributed by atoms with E-state index in [1.807, 2.05) is 37.4 Å². The van der Waals surface area contributed by atoms with Crippen LogP contribution < -0.4 is 15.8 Å². The fourth-order valence-corrected chi connectivity index (χ4v) is 4.85. The van der Waals surface area contributed by atoms with E-state index in [1.54, 1.807) is 24.3 Å². The summed E-state index contributed by atoms with van der Waals surface area (Å²) in [5.41, 5.74) is 10.9. The van der Waals surface area contributed by atoms with Gasteiger partial charge in [-0.25, -0.2) is 4.79 Å². The van der Waals surface area contributed by atoms with Crippen LogP contribution in [0.2, 0.25) is 0 Å². The Bertz CT molecular complexity index is 1520. The molecule has 0 spiro atoms. The minimum absolute atomic E-state index is 0.00461. The van der Waals surface area contributed by atoms with Crippen molar-refractivity contribution in [1.29, 1.82) is 5.41 Å². The van der Waals surface area contributed by atoms with Gasteiger partial charge in [0.25, 0.3) is 5.91 Å². The maximum absolute atomic E-state index is 12.9. The van der Waals surface area contributed by atoms with Gasteiger partial charge in [-0.1, -0.05) is 32.0 Å². The first-order valence-electron chi connectivity index (χ1n) is 12.6. The standard InChI is InChI=1S/C30H32N4O4/c1-4-12-33-29(35)18-7-9-21(24(13-18)22-11-8-19(38-3)15-25(22)30(36)37)20(5-2)26-16-34-27-14-17(28(31)32)6-10-23(26)27/h6-11,13-16,20,34H,4-5,12H2,1-3H3,(H3,31,32)(H,33,35)(H,36,37). The van der Waals surface area contributed by atoms with E-state index in [1.165, 1.54) is 13.2 Å². The molecule has 6 N–H and O–H groups in total. The minimum atomic E-state index is -1.08. The minimum Gasteiger partial charge on any atom is -0.497 e. The lowest BCUT2D eigenvalue weighted by atomic mass is 9.82. The van der Waals surface area contributed by atoms with Crippen LogP contribution >= 0.6 is 0 Å². The zero-order valence-electron chi connectivity index (χ0n) is 21.7. The van der Waals surface area contributed by atoms with Crippen molar-refractivity contribution in [3.8, 4) is 16.9 Å². The van der Waals surface area contributed by atoms with Crippen molar-refractivity contribution >= 4 is 28.6 Å². The van der Waals surface area contributed by atoms with Gasteiger partial charge in [0, 0.05) is 40.7 Å². The van der Waals surface area contributed by atoms with Gasteiger partial charge >= 0.3 is 5.97 Å². The Morgan fingerprint density at radius 1 is 1.03 bits per heavy atom. The summed E-state index contributed by atoms with van der Waals surface area (Å²) in [5, 5.41) is 21.7. The molecule has 8 heteroatoms. The molecule has 1 atom stereocenters. The van der Waals surface area contributed by atoms with E-state index in [0.717, 1.165) is 34.9 Å². The number of nitrogen functional groups attached to an aromatic ring is 1. The number of aromatic amines is 1. The monoisotopic (exact) mass is 512 g/mol. The first-order valence-corrected chi connectivity index (χ1v) is 12.6. The molecule has 1 unspecified atom stereocenters. The molecule has 196 valence electrons. The molecular weight excluding hydrogens is 480 g/mol. The summed E-state index contributed by atoms with van der Waals surface area (Å²) in [4.78, 5) is 28.5. The fourth-order valence-electron chi connectivity index (χ4n) is 4.85. The van der Waals surface area contributed by atoms with Gasteiger partial charge < -0.3 is 25.9 Å². The number of benzene rings is 3. The number of ether oxygens (including phenoxy) is 1. The second kappa shape index (κ2) is 11.2. The third kappa shape index (κ3) is 5.11. The highest BCUT2D eigenvalue weighted by molar-refractivity contribution is 6.01. The van der Waals surface area contributed by atoms with Gasteiger partial charge in [0.15, 0.2) is 0 Å². The third-order valence-corrected chi connectivity index (χ3v) is 6.78. The molecular formula is C30H32N4O4.